The third kappa shape index (κ3) is 7.12. The van der Waals surface area contributed by atoms with Crippen LogP contribution in [0.1, 0.15) is 19.3 Å². The first-order chi connectivity index (χ1) is 11.8. The third-order valence-corrected chi connectivity index (χ3v) is 3.97. The van der Waals surface area contributed by atoms with Crippen molar-refractivity contribution in [2.75, 3.05) is 10.6 Å². The van der Waals surface area contributed by atoms with Gasteiger partial charge in [0.1, 0.15) is 0 Å². The Kier molecular flexibility index (Phi) is 7.38. The summed E-state index contributed by atoms with van der Waals surface area (Å²) in [6.45, 7) is 0. The Morgan fingerprint density at radius 2 is 0.960 bits per heavy atom. The zero-order chi connectivity index (χ0) is 18.4. The Hall–Kier alpha value is -1.46. The minimum Gasteiger partial charge on any atom is -0.326 e. The Morgan fingerprint density at radius 3 is 1.28 bits per heavy atom. The summed E-state index contributed by atoms with van der Waals surface area (Å²) >= 11 is 23.5. The number of nitrogens with one attached hydrogen (secondary N) is 2. The lowest BCUT2D eigenvalue weighted by Crippen LogP contribution is -2.14. The maximum atomic E-state index is 11.9. The predicted octanol–water partition coefficient (Wildman–Crippen LogP) is 6.05. The van der Waals surface area contributed by atoms with Gasteiger partial charge >= 0.3 is 0 Å². The summed E-state index contributed by atoms with van der Waals surface area (Å²) in [5.74, 6) is -0.450. The van der Waals surface area contributed by atoms with Crippen LogP contribution in [0.2, 0.25) is 20.1 Å². The van der Waals surface area contributed by atoms with Gasteiger partial charge in [0, 0.05) is 44.3 Å². The molecule has 2 aromatic rings. The highest BCUT2D eigenvalue weighted by molar-refractivity contribution is 6.35. The molecule has 0 spiro atoms. The summed E-state index contributed by atoms with van der Waals surface area (Å²) in [5.41, 5.74) is 1.03. The van der Waals surface area contributed by atoms with E-state index in [0.29, 0.717) is 37.9 Å². The number of carbonyl (C=O) groups is 2. The van der Waals surface area contributed by atoms with E-state index in [1.807, 2.05) is 0 Å². The molecule has 0 aliphatic rings. The van der Waals surface area contributed by atoms with Crippen molar-refractivity contribution in [3.8, 4) is 0 Å². The zero-order valence-corrected chi connectivity index (χ0v) is 15.9. The fraction of sp³-hybridized carbons (Fsp3) is 0.176. The molecular weight excluding hydrogens is 406 g/mol. The van der Waals surface area contributed by atoms with Crippen molar-refractivity contribution in [1.82, 2.24) is 0 Å². The predicted molar refractivity (Wildman–Crippen MR) is 104 cm³/mol. The van der Waals surface area contributed by atoms with Crippen molar-refractivity contribution >= 4 is 69.6 Å². The summed E-state index contributed by atoms with van der Waals surface area (Å²) < 4.78 is 0. The minimum absolute atomic E-state index is 0.188. The molecule has 2 amide bonds. The molecule has 4 nitrogen and oxygen atoms in total. The molecule has 0 unspecified atom stereocenters. The van der Waals surface area contributed by atoms with E-state index >= 15 is 0 Å². The first-order valence-corrected chi connectivity index (χ1v) is 8.85. The van der Waals surface area contributed by atoms with Crippen LogP contribution in [0, 0.1) is 0 Å². The molecule has 0 aromatic heterocycles. The topological polar surface area (TPSA) is 58.2 Å². The second kappa shape index (κ2) is 9.30. The average molecular weight is 420 g/mol. The molecule has 25 heavy (non-hydrogen) atoms. The van der Waals surface area contributed by atoms with Gasteiger partial charge in [-0.3, -0.25) is 9.59 Å². The molecule has 0 aliphatic carbocycles. The van der Waals surface area contributed by atoms with Crippen molar-refractivity contribution in [3.63, 3.8) is 0 Å². The normalized spacial score (nSPS) is 10.4. The lowest BCUT2D eigenvalue weighted by Gasteiger charge is -2.08. The number of benzene rings is 2. The van der Waals surface area contributed by atoms with Crippen LogP contribution >= 0.6 is 46.4 Å². The van der Waals surface area contributed by atoms with Crippen LogP contribution in [0.5, 0.6) is 0 Å². The molecule has 2 N–H and O–H groups in total. The van der Waals surface area contributed by atoms with Gasteiger partial charge in [0.25, 0.3) is 0 Å². The second-order valence-electron chi connectivity index (χ2n) is 5.27. The van der Waals surface area contributed by atoms with E-state index in [9.17, 15) is 9.59 Å². The Morgan fingerprint density at radius 1 is 0.640 bits per heavy atom. The highest BCUT2D eigenvalue weighted by Gasteiger charge is 2.08. The highest BCUT2D eigenvalue weighted by Crippen LogP contribution is 2.23. The van der Waals surface area contributed by atoms with Gasteiger partial charge in [0.05, 0.1) is 0 Å². The van der Waals surface area contributed by atoms with Crippen molar-refractivity contribution < 1.29 is 9.59 Å². The maximum Gasteiger partial charge on any atom is 0.224 e. The van der Waals surface area contributed by atoms with E-state index in [1.54, 1.807) is 36.4 Å². The average Bonchev–Trinajstić information content (AvgIpc) is 2.44. The molecule has 0 radical (unpaired) electrons. The summed E-state index contributed by atoms with van der Waals surface area (Å²) in [7, 11) is 0. The van der Waals surface area contributed by atoms with Gasteiger partial charge < -0.3 is 10.6 Å². The van der Waals surface area contributed by atoms with Gasteiger partial charge in [0.15, 0.2) is 0 Å². The van der Waals surface area contributed by atoms with E-state index in [0.717, 1.165) is 0 Å². The van der Waals surface area contributed by atoms with Crippen LogP contribution in [0.15, 0.2) is 36.4 Å². The number of hydrogen-bond acceptors (Lipinski definition) is 2. The molecule has 0 saturated heterocycles. The monoisotopic (exact) mass is 418 g/mol. The lowest BCUT2D eigenvalue weighted by molar-refractivity contribution is -0.117. The van der Waals surface area contributed by atoms with Crippen LogP contribution in [-0.4, -0.2) is 11.8 Å². The van der Waals surface area contributed by atoms with Gasteiger partial charge in [-0.25, -0.2) is 0 Å². The van der Waals surface area contributed by atoms with Crippen molar-refractivity contribution in [3.05, 3.63) is 56.5 Å². The molecule has 0 saturated carbocycles. The molecule has 0 fully saturated rings. The van der Waals surface area contributed by atoms with Gasteiger partial charge in [-0.15, -0.1) is 0 Å². The second-order valence-corrected chi connectivity index (χ2v) is 7.01. The number of amides is 2. The maximum absolute atomic E-state index is 11.9. The number of anilines is 2. The number of carbonyl (C=O) groups excluding carboxylic acids is 2. The summed E-state index contributed by atoms with van der Waals surface area (Å²) in [6, 6.07) is 9.54. The fourth-order valence-electron chi connectivity index (χ4n) is 2.11. The molecule has 0 aliphatic heterocycles. The molecule has 2 rings (SSSR count). The summed E-state index contributed by atoms with van der Waals surface area (Å²) in [4.78, 5) is 23.8. The van der Waals surface area contributed by atoms with Gasteiger partial charge in [-0.1, -0.05) is 46.4 Å². The van der Waals surface area contributed by atoms with Gasteiger partial charge in [-0.05, 0) is 42.8 Å². The van der Waals surface area contributed by atoms with Crippen LogP contribution in [0.4, 0.5) is 11.4 Å². The molecule has 0 heterocycles. The van der Waals surface area contributed by atoms with Crippen LogP contribution in [0.25, 0.3) is 0 Å². The largest absolute Gasteiger partial charge is 0.326 e. The molecule has 0 atom stereocenters. The van der Waals surface area contributed by atoms with E-state index in [4.69, 9.17) is 46.4 Å². The quantitative estimate of drug-likeness (QED) is 0.598. The van der Waals surface area contributed by atoms with Crippen molar-refractivity contribution in [2.45, 2.75) is 19.3 Å². The third-order valence-electron chi connectivity index (χ3n) is 3.10. The Balaban J connectivity index is 1.77. The van der Waals surface area contributed by atoms with Crippen LogP contribution in [0.3, 0.4) is 0 Å². The first kappa shape index (κ1) is 19.9. The number of hydrogen-bond donors (Lipinski definition) is 2. The molecule has 0 bridgehead atoms. The number of rotatable bonds is 6. The summed E-state index contributed by atoms with van der Waals surface area (Å²) in [6.07, 6.45) is 0.766. The van der Waals surface area contributed by atoms with Crippen molar-refractivity contribution in [1.29, 1.82) is 0 Å². The van der Waals surface area contributed by atoms with Gasteiger partial charge in [-0.2, -0.15) is 0 Å². The van der Waals surface area contributed by atoms with Crippen LogP contribution < -0.4 is 10.6 Å². The van der Waals surface area contributed by atoms with E-state index in [-0.39, 0.29) is 24.7 Å². The number of halogens is 4. The summed E-state index contributed by atoms with van der Waals surface area (Å²) in [5, 5.41) is 7.11. The van der Waals surface area contributed by atoms with Gasteiger partial charge in [0.2, 0.25) is 11.8 Å². The first-order valence-electron chi connectivity index (χ1n) is 7.34. The molecule has 2 aromatic carbocycles. The fourth-order valence-corrected chi connectivity index (χ4v) is 3.16. The Labute approximate surface area is 165 Å². The molecule has 132 valence electrons. The molecule has 8 heteroatoms. The SMILES string of the molecule is O=C(CCCC(=O)Nc1cc(Cl)cc(Cl)c1)Nc1cc(Cl)cc(Cl)c1. The Bertz CT molecular complexity index is 690. The highest BCUT2D eigenvalue weighted by atomic mass is 35.5. The van der Waals surface area contributed by atoms with E-state index in [2.05, 4.69) is 10.6 Å². The van der Waals surface area contributed by atoms with E-state index < -0.39 is 0 Å². The molecular formula is C17H14Cl4N2O2. The van der Waals surface area contributed by atoms with Crippen molar-refractivity contribution in [2.24, 2.45) is 0 Å². The zero-order valence-electron chi connectivity index (χ0n) is 12.9. The standard InChI is InChI=1S/C17H14Cl4N2O2/c18-10-4-11(19)7-14(6-10)22-16(24)2-1-3-17(25)23-15-8-12(20)5-13(21)9-15/h4-9H,1-3H2,(H,22,24)(H,23,25). The minimum atomic E-state index is -0.225. The van der Waals surface area contributed by atoms with Crippen LogP contribution in [-0.2, 0) is 9.59 Å². The smallest absolute Gasteiger partial charge is 0.224 e. The lowest BCUT2D eigenvalue weighted by atomic mass is 10.2. The van der Waals surface area contributed by atoms with E-state index in [1.165, 1.54) is 0 Å².